The second kappa shape index (κ2) is 6.27. The summed E-state index contributed by atoms with van der Waals surface area (Å²) in [5.74, 6) is -32.1. The molecule has 0 bridgehead atoms. The minimum Gasteiger partial charge on any atom is -0.206 e. The zero-order valence-electron chi connectivity index (χ0n) is 12.0. The van der Waals surface area contributed by atoms with Gasteiger partial charge in [0.1, 0.15) is 0 Å². The van der Waals surface area contributed by atoms with Crippen molar-refractivity contribution in [3.8, 4) is 0 Å². The van der Waals surface area contributed by atoms with Crippen molar-refractivity contribution < 1.29 is 65.5 Å². The Kier molecular flexibility index (Phi) is 6.03. The summed E-state index contributed by atoms with van der Waals surface area (Å²) in [6, 6.07) is 0. The Hall–Kier alpha value is -1.00. The minimum atomic E-state index is -8.16. The number of nitrogens with zero attached hydrogens (tertiary/aromatic N) is 1. The fourth-order valence-electron chi connectivity index (χ4n) is 1.23. The molecule has 157 valence electrons. The van der Waals surface area contributed by atoms with Gasteiger partial charge in [-0.2, -0.15) is 61.4 Å². The van der Waals surface area contributed by atoms with Crippen molar-refractivity contribution in [3.63, 3.8) is 0 Å². The van der Waals surface area contributed by atoms with Crippen LogP contribution < -0.4 is 0 Å². The quantitative estimate of drug-likeness (QED) is 0.566. The highest BCUT2D eigenvalue weighted by Crippen LogP contribution is 2.61. The van der Waals surface area contributed by atoms with E-state index in [4.69, 9.17) is 0 Å². The maximum atomic E-state index is 13.4. The van der Waals surface area contributed by atoms with E-state index >= 15 is 0 Å². The number of sulfonamides is 1. The Balaban J connectivity index is 6.61. The average molecular weight is 440 g/mol. The first-order valence-corrected chi connectivity index (χ1v) is 7.13. The predicted molar refractivity (Wildman–Crippen MR) is 57.7 cm³/mol. The molecular formula is C9H7F13NO2S. The molecule has 0 amide bonds. The highest BCUT2D eigenvalue weighted by atomic mass is 32.2. The summed E-state index contributed by atoms with van der Waals surface area (Å²) in [6.07, 6.45) is -7.56. The molecule has 3 nitrogen and oxygen atoms in total. The smallest absolute Gasteiger partial charge is 0.206 e. The average Bonchev–Trinajstić information content (AvgIpc) is 2.43. The Morgan fingerprint density at radius 3 is 1.27 bits per heavy atom. The summed E-state index contributed by atoms with van der Waals surface area (Å²) in [5, 5.41) is -7.21. The molecule has 0 fully saturated rings. The standard InChI is InChI=1S/C9H7F13NO2S/c1-3-23(2)26(24,25)9(21,22)7(16,17)5(12,13)4(10,11)6(14,15)8(18,19)20/h1,3H2,2H3. The molecular weight excluding hydrogens is 433 g/mol. The number of hydrogen-bond donors (Lipinski definition) is 0. The van der Waals surface area contributed by atoms with Crippen LogP contribution in [-0.2, 0) is 10.0 Å². The first kappa shape index (κ1) is 25.0. The molecule has 0 spiro atoms. The fraction of sp³-hybridized carbons (Fsp3) is 0.889. The van der Waals surface area contributed by atoms with Crippen LogP contribution in [0.2, 0.25) is 0 Å². The van der Waals surface area contributed by atoms with Crippen LogP contribution in [0.15, 0.2) is 0 Å². The lowest BCUT2D eigenvalue weighted by Gasteiger charge is -2.39. The Morgan fingerprint density at radius 1 is 0.692 bits per heavy atom. The highest BCUT2D eigenvalue weighted by Gasteiger charge is 2.92. The summed E-state index contributed by atoms with van der Waals surface area (Å²) < 4.78 is 187. The van der Waals surface area contributed by atoms with E-state index in [1.807, 2.05) is 0 Å². The molecule has 0 aliphatic heterocycles. The summed E-state index contributed by atoms with van der Waals surface area (Å²) in [5.41, 5.74) is 0. The minimum absolute atomic E-state index is 0.0485. The lowest BCUT2D eigenvalue weighted by molar-refractivity contribution is -0.433. The molecule has 0 aliphatic rings. The molecule has 0 aromatic rings. The van der Waals surface area contributed by atoms with Crippen LogP contribution in [0.4, 0.5) is 57.1 Å². The molecule has 0 unspecified atom stereocenters. The Bertz CT molecular complexity index is 624. The molecule has 0 aliphatic carbocycles. The topological polar surface area (TPSA) is 37.4 Å². The highest BCUT2D eigenvalue weighted by molar-refractivity contribution is 7.90. The van der Waals surface area contributed by atoms with E-state index in [0.717, 1.165) is 0 Å². The lowest BCUT2D eigenvalue weighted by Crippen LogP contribution is -2.71. The van der Waals surface area contributed by atoms with E-state index in [9.17, 15) is 65.5 Å². The number of rotatable bonds is 7. The van der Waals surface area contributed by atoms with Gasteiger partial charge in [0.25, 0.3) is 10.0 Å². The summed E-state index contributed by atoms with van der Waals surface area (Å²) in [6.45, 7) is 1.26. The molecule has 1 radical (unpaired) electrons. The van der Waals surface area contributed by atoms with Crippen molar-refractivity contribution in [1.82, 2.24) is 4.31 Å². The largest absolute Gasteiger partial charge is 0.460 e. The molecule has 0 saturated carbocycles. The molecule has 0 heterocycles. The summed E-state index contributed by atoms with van der Waals surface area (Å²) in [7, 11) is -6.87. The molecule has 0 saturated heterocycles. The molecule has 26 heavy (non-hydrogen) atoms. The second-order valence-electron chi connectivity index (χ2n) is 4.64. The van der Waals surface area contributed by atoms with Crippen LogP contribution in [0.25, 0.3) is 0 Å². The molecule has 0 rings (SSSR count). The van der Waals surface area contributed by atoms with Crippen molar-refractivity contribution in [1.29, 1.82) is 0 Å². The number of hydrogen-bond acceptors (Lipinski definition) is 2. The third-order valence-electron chi connectivity index (χ3n) is 2.95. The zero-order valence-corrected chi connectivity index (χ0v) is 12.8. The van der Waals surface area contributed by atoms with Gasteiger partial charge in [0.15, 0.2) is 0 Å². The Morgan fingerprint density at radius 2 is 1.00 bits per heavy atom. The van der Waals surface area contributed by atoms with Gasteiger partial charge in [0, 0.05) is 13.6 Å². The van der Waals surface area contributed by atoms with Gasteiger partial charge in [-0.15, -0.1) is 0 Å². The third-order valence-corrected chi connectivity index (χ3v) is 4.86. The number of halogens is 13. The summed E-state index contributed by atoms with van der Waals surface area (Å²) >= 11 is 0. The van der Waals surface area contributed by atoms with Crippen LogP contribution in [0, 0.1) is 6.92 Å². The van der Waals surface area contributed by atoms with Gasteiger partial charge < -0.3 is 0 Å². The zero-order chi connectivity index (χ0) is 21.8. The normalized spacial score (nSPS) is 16.3. The third kappa shape index (κ3) is 2.99. The van der Waals surface area contributed by atoms with Gasteiger partial charge in [0.2, 0.25) is 0 Å². The van der Waals surface area contributed by atoms with Gasteiger partial charge in [-0.05, 0) is 6.92 Å². The van der Waals surface area contributed by atoms with Gasteiger partial charge in [-0.25, -0.2) is 8.42 Å². The SMILES string of the molecule is [CH2]CN(C)S(=O)(=O)C(F)(F)C(F)(F)C(F)(F)C(F)(F)C(F)(F)C(F)(F)F. The maximum absolute atomic E-state index is 13.4. The second-order valence-corrected chi connectivity index (χ2v) is 6.72. The molecule has 0 aromatic heterocycles. The van der Waals surface area contributed by atoms with Gasteiger partial charge in [0.05, 0.1) is 0 Å². The molecule has 0 N–H and O–H groups in total. The van der Waals surface area contributed by atoms with Crippen molar-refractivity contribution in [2.75, 3.05) is 13.6 Å². The van der Waals surface area contributed by atoms with E-state index in [1.54, 1.807) is 0 Å². The van der Waals surface area contributed by atoms with Crippen molar-refractivity contribution in [2.24, 2.45) is 0 Å². The van der Waals surface area contributed by atoms with Gasteiger partial charge in [-0.1, -0.05) is 0 Å². The van der Waals surface area contributed by atoms with Crippen LogP contribution in [0.1, 0.15) is 0 Å². The fourth-order valence-corrected chi connectivity index (χ4v) is 2.32. The van der Waals surface area contributed by atoms with Crippen LogP contribution in [0.3, 0.4) is 0 Å². The Labute approximate surface area is 136 Å². The van der Waals surface area contributed by atoms with Crippen LogP contribution in [0.5, 0.6) is 0 Å². The summed E-state index contributed by atoms with van der Waals surface area (Å²) in [4.78, 5) is 0. The van der Waals surface area contributed by atoms with E-state index < -0.39 is 56.0 Å². The first-order chi connectivity index (χ1) is 11.0. The molecule has 0 aromatic carbocycles. The van der Waals surface area contributed by atoms with Crippen molar-refractivity contribution in [3.05, 3.63) is 6.92 Å². The van der Waals surface area contributed by atoms with Gasteiger partial charge in [-0.3, -0.25) is 0 Å². The van der Waals surface area contributed by atoms with Crippen molar-refractivity contribution in [2.45, 2.75) is 35.1 Å². The molecule has 17 heteroatoms. The van der Waals surface area contributed by atoms with Gasteiger partial charge >= 0.3 is 35.1 Å². The lowest BCUT2D eigenvalue weighted by atomic mass is 9.98. The van der Waals surface area contributed by atoms with E-state index in [1.165, 1.54) is 0 Å². The van der Waals surface area contributed by atoms with E-state index in [0.29, 0.717) is 0 Å². The van der Waals surface area contributed by atoms with Crippen LogP contribution in [-0.4, -0.2) is 61.4 Å². The van der Waals surface area contributed by atoms with E-state index in [2.05, 4.69) is 6.92 Å². The predicted octanol–water partition coefficient (Wildman–Crippen LogP) is 3.78. The van der Waals surface area contributed by atoms with Crippen molar-refractivity contribution >= 4 is 10.0 Å². The first-order valence-electron chi connectivity index (χ1n) is 5.69. The monoisotopic (exact) mass is 440 g/mol. The number of alkyl halides is 13. The van der Waals surface area contributed by atoms with Crippen LogP contribution >= 0.6 is 0 Å². The maximum Gasteiger partial charge on any atom is 0.460 e. The van der Waals surface area contributed by atoms with E-state index in [-0.39, 0.29) is 7.05 Å². The molecule has 0 atom stereocenters.